The Morgan fingerprint density at radius 2 is 1.83 bits per heavy atom. The maximum Gasteiger partial charge on any atom is 0.147 e. The highest BCUT2D eigenvalue weighted by Gasteiger charge is 2.10. The first-order chi connectivity index (χ1) is 8.74. The van der Waals surface area contributed by atoms with Crippen LogP contribution in [0.25, 0.3) is 0 Å². The molecular weight excluding hydrogens is 314 g/mol. The lowest BCUT2D eigenvalue weighted by Gasteiger charge is -2.07. The number of hydrogen-bond acceptors (Lipinski definition) is 2. The minimum absolute atomic E-state index is 0.410. The standard InChI is InChI=1S/C13H15BrClN3/c1-2-7-18-12(16-17-13(18)9-15)8-10-3-5-11(14)6-4-10/h3-6H,2,7-9H2,1H3. The number of benzene rings is 1. The van der Waals surface area contributed by atoms with Gasteiger partial charge in [0.05, 0.1) is 5.88 Å². The van der Waals surface area contributed by atoms with Crippen LogP contribution in [0.3, 0.4) is 0 Å². The average Bonchev–Trinajstić information content (AvgIpc) is 2.75. The van der Waals surface area contributed by atoms with E-state index in [1.54, 1.807) is 0 Å². The lowest BCUT2D eigenvalue weighted by Crippen LogP contribution is -2.07. The van der Waals surface area contributed by atoms with Gasteiger partial charge in [0.1, 0.15) is 11.6 Å². The Kier molecular flexibility index (Phi) is 4.78. The van der Waals surface area contributed by atoms with Gasteiger partial charge in [0.15, 0.2) is 0 Å². The molecule has 0 saturated heterocycles. The van der Waals surface area contributed by atoms with Crippen LogP contribution in [-0.2, 0) is 18.8 Å². The molecule has 0 bridgehead atoms. The van der Waals surface area contributed by atoms with E-state index < -0.39 is 0 Å². The van der Waals surface area contributed by atoms with Crippen LogP contribution in [0, 0.1) is 0 Å². The molecule has 18 heavy (non-hydrogen) atoms. The van der Waals surface area contributed by atoms with Crippen LogP contribution >= 0.6 is 27.5 Å². The first-order valence-corrected chi connectivity index (χ1v) is 7.28. The second-order valence-corrected chi connectivity index (χ2v) is 5.30. The van der Waals surface area contributed by atoms with Crippen molar-refractivity contribution in [1.82, 2.24) is 14.8 Å². The maximum atomic E-state index is 5.88. The predicted molar refractivity (Wildman–Crippen MR) is 76.8 cm³/mol. The fraction of sp³-hybridized carbons (Fsp3) is 0.385. The molecule has 0 aliphatic heterocycles. The number of alkyl halides is 1. The van der Waals surface area contributed by atoms with Crippen LogP contribution in [0.1, 0.15) is 30.6 Å². The van der Waals surface area contributed by atoms with Crippen LogP contribution < -0.4 is 0 Å². The second-order valence-electron chi connectivity index (χ2n) is 4.12. The molecule has 1 heterocycles. The molecular formula is C13H15BrClN3. The summed E-state index contributed by atoms with van der Waals surface area (Å²) in [5.74, 6) is 2.24. The summed E-state index contributed by atoms with van der Waals surface area (Å²) < 4.78 is 3.21. The number of hydrogen-bond donors (Lipinski definition) is 0. The van der Waals surface area contributed by atoms with E-state index in [-0.39, 0.29) is 0 Å². The number of rotatable bonds is 5. The van der Waals surface area contributed by atoms with E-state index in [4.69, 9.17) is 11.6 Å². The fourth-order valence-corrected chi connectivity index (χ4v) is 2.33. The Bertz CT molecular complexity index is 507. The summed E-state index contributed by atoms with van der Waals surface area (Å²) in [6.45, 7) is 3.06. The Balaban J connectivity index is 2.22. The molecule has 1 aromatic carbocycles. The van der Waals surface area contributed by atoms with E-state index in [9.17, 15) is 0 Å². The van der Waals surface area contributed by atoms with Crippen molar-refractivity contribution in [3.05, 3.63) is 46.0 Å². The van der Waals surface area contributed by atoms with Gasteiger partial charge in [0.2, 0.25) is 0 Å². The molecule has 3 nitrogen and oxygen atoms in total. The molecule has 0 saturated carbocycles. The lowest BCUT2D eigenvalue weighted by atomic mass is 10.1. The van der Waals surface area contributed by atoms with Crippen LogP contribution in [0.15, 0.2) is 28.7 Å². The molecule has 0 atom stereocenters. The second kappa shape index (κ2) is 6.34. The highest BCUT2D eigenvalue weighted by molar-refractivity contribution is 9.10. The van der Waals surface area contributed by atoms with E-state index in [0.717, 1.165) is 35.5 Å². The summed E-state index contributed by atoms with van der Waals surface area (Å²) >= 11 is 9.31. The Hall–Kier alpha value is -0.870. The minimum Gasteiger partial charge on any atom is -0.314 e. The Morgan fingerprint density at radius 1 is 1.17 bits per heavy atom. The van der Waals surface area contributed by atoms with Crippen LogP contribution in [-0.4, -0.2) is 14.8 Å². The van der Waals surface area contributed by atoms with Gasteiger partial charge < -0.3 is 4.57 Å². The fourth-order valence-electron chi connectivity index (χ4n) is 1.87. The van der Waals surface area contributed by atoms with Crippen LogP contribution in [0.5, 0.6) is 0 Å². The molecule has 2 rings (SSSR count). The third-order valence-electron chi connectivity index (χ3n) is 2.75. The largest absolute Gasteiger partial charge is 0.314 e. The van der Waals surface area contributed by atoms with Gasteiger partial charge >= 0.3 is 0 Å². The van der Waals surface area contributed by atoms with E-state index in [2.05, 4.69) is 49.8 Å². The summed E-state index contributed by atoms with van der Waals surface area (Å²) in [5.41, 5.74) is 1.23. The molecule has 0 radical (unpaired) electrons. The molecule has 1 aromatic heterocycles. The molecule has 0 spiro atoms. The monoisotopic (exact) mass is 327 g/mol. The maximum absolute atomic E-state index is 5.88. The number of aromatic nitrogens is 3. The van der Waals surface area contributed by atoms with Crippen molar-refractivity contribution < 1.29 is 0 Å². The van der Waals surface area contributed by atoms with Crippen molar-refractivity contribution in [3.63, 3.8) is 0 Å². The molecule has 0 aliphatic carbocycles. The smallest absolute Gasteiger partial charge is 0.147 e. The van der Waals surface area contributed by atoms with E-state index in [1.807, 2.05) is 12.1 Å². The minimum atomic E-state index is 0.410. The summed E-state index contributed by atoms with van der Waals surface area (Å²) in [7, 11) is 0. The molecule has 5 heteroatoms. The Morgan fingerprint density at radius 3 is 2.44 bits per heavy atom. The highest BCUT2D eigenvalue weighted by Crippen LogP contribution is 2.15. The summed E-state index contributed by atoms with van der Waals surface area (Å²) in [5, 5.41) is 8.38. The third-order valence-corrected chi connectivity index (χ3v) is 3.51. The van der Waals surface area contributed by atoms with Crippen molar-refractivity contribution in [2.24, 2.45) is 0 Å². The van der Waals surface area contributed by atoms with Crippen molar-refractivity contribution >= 4 is 27.5 Å². The number of nitrogens with zero attached hydrogens (tertiary/aromatic N) is 3. The first-order valence-electron chi connectivity index (χ1n) is 5.96. The summed E-state index contributed by atoms with van der Waals surface area (Å²) in [6.07, 6.45) is 1.84. The van der Waals surface area contributed by atoms with E-state index >= 15 is 0 Å². The van der Waals surface area contributed by atoms with Gasteiger partial charge in [-0.3, -0.25) is 0 Å². The normalized spacial score (nSPS) is 10.8. The topological polar surface area (TPSA) is 30.7 Å². The van der Waals surface area contributed by atoms with Gasteiger partial charge in [-0.1, -0.05) is 35.0 Å². The molecule has 0 fully saturated rings. The van der Waals surface area contributed by atoms with Crippen molar-refractivity contribution in [2.45, 2.75) is 32.2 Å². The van der Waals surface area contributed by atoms with Crippen molar-refractivity contribution in [2.75, 3.05) is 0 Å². The van der Waals surface area contributed by atoms with Gasteiger partial charge in [0, 0.05) is 17.4 Å². The lowest BCUT2D eigenvalue weighted by molar-refractivity contribution is 0.627. The van der Waals surface area contributed by atoms with Crippen molar-refractivity contribution in [1.29, 1.82) is 0 Å². The molecule has 0 aliphatic rings. The predicted octanol–water partition coefficient (Wildman–Crippen LogP) is 3.78. The SMILES string of the molecule is CCCn1c(CCl)nnc1Cc1ccc(Br)cc1. The third kappa shape index (κ3) is 3.12. The highest BCUT2D eigenvalue weighted by atomic mass is 79.9. The zero-order valence-electron chi connectivity index (χ0n) is 10.2. The summed E-state index contributed by atoms with van der Waals surface area (Å²) in [6, 6.07) is 8.27. The first kappa shape index (κ1) is 13.6. The molecule has 2 aromatic rings. The van der Waals surface area contributed by atoms with Gasteiger partial charge in [-0.05, 0) is 24.1 Å². The zero-order valence-corrected chi connectivity index (χ0v) is 12.6. The molecule has 0 N–H and O–H groups in total. The molecule has 0 amide bonds. The van der Waals surface area contributed by atoms with Crippen LogP contribution in [0.4, 0.5) is 0 Å². The van der Waals surface area contributed by atoms with E-state index in [1.165, 1.54) is 5.56 Å². The Labute approximate surface area is 120 Å². The zero-order chi connectivity index (χ0) is 13.0. The van der Waals surface area contributed by atoms with Crippen LogP contribution in [0.2, 0.25) is 0 Å². The number of halogens is 2. The van der Waals surface area contributed by atoms with E-state index in [0.29, 0.717) is 5.88 Å². The van der Waals surface area contributed by atoms with Crippen molar-refractivity contribution in [3.8, 4) is 0 Å². The van der Waals surface area contributed by atoms with Gasteiger partial charge in [-0.2, -0.15) is 0 Å². The molecule has 0 unspecified atom stereocenters. The van der Waals surface area contributed by atoms with Gasteiger partial charge in [-0.15, -0.1) is 21.8 Å². The quantitative estimate of drug-likeness (QED) is 0.782. The van der Waals surface area contributed by atoms with Gasteiger partial charge in [0.25, 0.3) is 0 Å². The summed E-state index contributed by atoms with van der Waals surface area (Å²) in [4.78, 5) is 0. The average molecular weight is 329 g/mol. The molecule has 96 valence electrons. The van der Waals surface area contributed by atoms with Gasteiger partial charge in [-0.25, -0.2) is 0 Å².